The minimum atomic E-state index is -0.132. The van der Waals surface area contributed by atoms with E-state index in [0.717, 1.165) is 23.5 Å². The van der Waals surface area contributed by atoms with Gasteiger partial charge in [0.05, 0.1) is 11.7 Å². The first-order chi connectivity index (χ1) is 9.63. The highest BCUT2D eigenvalue weighted by atomic mass is 32.1. The molecule has 0 spiro atoms. The van der Waals surface area contributed by atoms with Gasteiger partial charge in [0.1, 0.15) is 5.69 Å². The molecule has 1 aliphatic rings. The molecule has 5 nitrogen and oxygen atoms in total. The fourth-order valence-corrected chi connectivity index (χ4v) is 3.01. The van der Waals surface area contributed by atoms with Crippen LogP contribution >= 0.6 is 11.5 Å². The Kier molecular flexibility index (Phi) is 3.56. The van der Waals surface area contributed by atoms with Gasteiger partial charge in [0, 0.05) is 17.1 Å². The van der Waals surface area contributed by atoms with Gasteiger partial charge in [0.25, 0.3) is 5.91 Å². The quantitative estimate of drug-likeness (QED) is 0.944. The van der Waals surface area contributed by atoms with Crippen LogP contribution in [0.4, 0.5) is 0 Å². The molecule has 3 rings (SSSR count). The number of nitrogens with zero attached hydrogens (tertiary/aromatic N) is 3. The van der Waals surface area contributed by atoms with Crippen LogP contribution in [0.25, 0.3) is 0 Å². The van der Waals surface area contributed by atoms with E-state index in [1.54, 1.807) is 0 Å². The SMILES string of the molecule is Cc1cc(C(=O)NC(C)c2cc3n(n2)CCCC3)ns1. The number of amides is 1. The van der Waals surface area contributed by atoms with E-state index in [-0.39, 0.29) is 11.9 Å². The largest absolute Gasteiger partial charge is 0.343 e. The van der Waals surface area contributed by atoms with E-state index >= 15 is 0 Å². The van der Waals surface area contributed by atoms with Crippen LogP contribution in [0.2, 0.25) is 0 Å². The highest BCUT2D eigenvalue weighted by Crippen LogP contribution is 2.19. The molecule has 2 aromatic heterocycles. The molecule has 1 aliphatic heterocycles. The van der Waals surface area contributed by atoms with Crippen LogP contribution in [-0.4, -0.2) is 20.1 Å². The number of hydrogen-bond donors (Lipinski definition) is 1. The molecule has 0 radical (unpaired) electrons. The van der Waals surface area contributed by atoms with Gasteiger partial charge >= 0.3 is 0 Å². The van der Waals surface area contributed by atoms with Crippen LogP contribution in [0, 0.1) is 6.92 Å². The second kappa shape index (κ2) is 5.36. The smallest absolute Gasteiger partial charge is 0.271 e. The summed E-state index contributed by atoms with van der Waals surface area (Å²) < 4.78 is 6.20. The van der Waals surface area contributed by atoms with Gasteiger partial charge in [0.15, 0.2) is 0 Å². The number of fused-ring (bicyclic) bond motifs is 1. The number of hydrogen-bond acceptors (Lipinski definition) is 4. The van der Waals surface area contributed by atoms with E-state index < -0.39 is 0 Å². The van der Waals surface area contributed by atoms with Crippen molar-refractivity contribution in [3.05, 3.63) is 34.1 Å². The third-order valence-corrected chi connectivity index (χ3v) is 4.28. The van der Waals surface area contributed by atoms with Crippen molar-refractivity contribution in [3.63, 3.8) is 0 Å². The third kappa shape index (κ3) is 2.60. The molecule has 1 unspecified atom stereocenters. The van der Waals surface area contributed by atoms with Crippen LogP contribution in [-0.2, 0) is 13.0 Å². The van der Waals surface area contributed by atoms with Crippen molar-refractivity contribution in [3.8, 4) is 0 Å². The van der Waals surface area contributed by atoms with Gasteiger partial charge in [-0.25, -0.2) is 0 Å². The fraction of sp³-hybridized carbons (Fsp3) is 0.500. The average Bonchev–Trinajstić information content (AvgIpc) is 3.04. The molecule has 1 atom stereocenters. The van der Waals surface area contributed by atoms with Gasteiger partial charge in [-0.1, -0.05) is 0 Å². The molecule has 0 fully saturated rings. The number of carbonyl (C=O) groups excluding carboxylic acids is 1. The van der Waals surface area contributed by atoms with Crippen LogP contribution < -0.4 is 5.32 Å². The van der Waals surface area contributed by atoms with Gasteiger partial charge in [0.2, 0.25) is 0 Å². The minimum Gasteiger partial charge on any atom is -0.343 e. The van der Waals surface area contributed by atoms with E-state index in [1.165, 1.54) is 30.1 Å². The van der Waals surface area contributed by atoms with Crippen molar-refractivity contribution in [2.24, 2.45) is 0 Å². The van der Waals surface area contributed by atoms with E-state index in [9.17, 15) is 4.79 Å². The topological polar surface area (TPSA) is 59.8 Å². The van der Waals surface area contributed by atoms with Crippen LogP contribution in [0.3, 0.4) is 0 Å². The Morgan fingerprint density at radius 1 is 1.45 bits per heavy atom. The molecule has 1 N–H and O–H groups in total. The number of aryl methyl sites for hydroxylation is 3. The van der Waals surface area contributed by atoms with Crippen LogP contribution in [0.5, 0.6) is 0 Å². The standard InChI is InChI=1S/C14H18N4OS/c1-9-7-13(17-20-9)14(19)15-10(2)12-8-11-5-3-4-6-18(11)16-12/h7-8,10H,3-6H2,1-2H3,(H,15,19). The molecule has 0 aromatic carbocycles. The summed E-state index contributed by atoms with van der Waals surface area (Å²) in [6, 6.07) is 3.82. The lowest BCUT2D eigenvalue weighted by Crippen LogP contribution is -2.27. The summed E-state index contributed by atoms with van der Waals surface area (Å²) in [6.07, 6.45) is 3.50. The Balaban J connectivity index is 1.71. The van der Waals surface area contributed by atoms with E-state index in [1.807, 2.05) is 19.9 Å². The summed E-state index contributed by atoms with van der Waals surface area (Å²) in [5.41, 5.74) is 2.70. The molecule has 1 amide bonds. The maximum absolute atomic E-state index is 12.1. The van der Waals surface area contributed by atoms with Crippen LogP contribution in [0.15, 0.2) is 12.1 Å². The molecule has 0 saturated heterocycles. The molecule has 0 saturated carbocycles. The summed E-state index contributed by atoms with van der Waals surface area (Å²) in [5.74, 6) is -0.132. The number of rotatable bonds is 3. The molecule has 0 bridgehead atoms. The van der Waals surface area contributed by atoms with Gasteiger partial charge in [-0.15, -0.1) is 0 Å². The summed E-state index contributed by atoms with van der Waals surface area (Å²) in [7, 11) is 0. The maximum Gasteiger partial charge on any atom is 0.271 e. The normalized spacial score (nSPS) is 15.7. The highest BCUT2D eigenvalue weighted by molar-refractivity contribution is 7.05. The zero-order chi connectivity index (χ0) is 14.1. The van der Waals surface area contributed by atoms with Gasteiger partial charge in [-0.3, -0.25) is 9.48 Å². The molecular formula is C14H18N4OS. The van der Waals surface area contributed by atoms with Gasteiger partial charge < -0.3 is 5.32 Å². The Morgan fingerprint density at radius 3 is 3.00 bits per heavy atom. The summed E-state index contributed by atoms with van der Waals surface area (Å²) in [4.78, 5) is 13.1. The maximum atomic E-state index is 12.1. The lowest BCUT2D eigenvalue weighted by molar-refractivity contribution is 0.0935. The van der Waals surface area contributed by atoms with Crippen molar-refractivity contribution >= 4 is 17.4 Å². The number of nitrogens with one attached hydrogen (secondary N) is 1. The van der Waals surface area contributed by atoms with Crippen molar-refractivity contribution in [1.82, 2.24) is 19.5 Å². The molecule has 20 heavy (non-hydrogen) atoms. The van der Waals surface area contributed by atoms with Crippen LogP contribution in [0.1, 0.15) is 52.6 Å². The monoisotopic (exact) mass is 290 g/mol. The van der Waals surface area contributed by atoms with Crippen molar-refractivity contribution in [2.75, 3.05) is 0 Å². The van der Waals surface area contributed by atoms with Crippen molar-refractivity contribution in [1.29, 1.82) is 0 Å². The molecule has 3 heterocycles. The van der Waals surface area contributed by atoms with Crippen molar-refractivity contribution in [2.45, 2.75) is 45.7 Å². The Labute approximate surface area is 122 Å². The molecule has 106 valence electrons. The van der Waals surface area contributed by atoms with Gasteiger partial charge in [-0.2, -0.15) is 9.47 Å². The third-order valence-electron chi connectivity index (χ3n) is 3.59. The fourth-order valence-electron chi connectivity index (χ4n) is 2.47. The molecule has 0 aliphatic carbocycles. The second-order valence-corrected chi connectivity index (χ2v) is 6.27. The first-order valence-corrected chi connectivity index (χ1v) is 7.71. The second-order valence-electron chi connectivity index (χ2n) is 5.26. The zero-order valence-corrected chi connectivity index (χ0v) is 12.5. The lowest BCUT2D eigenvalue weighted by Gasteiger charge is -2.12. The summed E-state index contributed by atoms with van der Waals surface area (Å²) >= 11 is 1.35. The Hall–Kier alpha value is -1.69. The first kappa shape index (κ1) is 13.3. The summed E-state index contributed by atoms with van der Waals surface area (Å²) in [5, 5.41) is 7.55. The number of carbonyl (C=O) groups is 1. The van der Waals surface area contributed by atoms with Gasteiger partial charge in [-0.05, 0) is 56.8 Å². The molecule has 2 aromatic rings. The number of aromatic nitrogens is 3. The Bertz CT molecular complexity index is 607. The highest BCUT2D eigenvalue weighted by Gasteiger charge is 2.19. The average molecular weight is 290 g/mol. The van der Waals surface area contributed by atoms with E-state index in [2.05, 4.69) is 25.5 Å². The zero-order valence-electron chi connectivity index (χ0n) is 11.7. The van der Waals surface area contributed by atoms with Crippen molar-refractivity contribution < 1.29 is 4.79 Å². The molecular weight excluding hydrogens is 272 g/mol. The minimum absolute atomic E-state index is 0.0948. The van der Waals surface area contributed by atoms with E-state index in [0.29, 0.717) is 5.69 Å². The first-order valence-electron chi connectivity index (χ1n) is 6.94. The van der Waals surface area contributed by atoms with E-state index in [4.69, 9.17) is 0 Å². The predicted octanol–water partition coefficient (Wildman–Crippen LogP) is 2.48. The summed E-state index contributed by atoms with van der Waals surface area (Å²) in [6.45, 7) is 4.90. The predicted molar refractivity (Wildman–Crippen MR) is 77.9 cm³/mol. The lowest BCUT2D eigenvalue weighted by atomic mass is 10.1. The Morgan fingerprint density at radius 2 is 2.30 bits per heavy atom. The molecule has 6 heteroatoms.